The molecule has 19 heavy (non-hydrogen) atoms. The first-order chi connectivity index (χ1) is 9.02. The van der Waals surface area contributed by atoms with E-state index >= 15 is 0 Å². The van der Waals surface area contributed by atoms with Crippen LogP contribution in [0.3, 0.4) is 0 Å². The Morgan fingerprint density at radius 1 is 1.53 bits per heavy atom. The van der Waals surface area contributed by atoms with Gasteiger partial charge in [-0.3, -0.25) is 4.79 Å². The minimum atomic E-state index is -0.510. The van der Waals surface area contributed by atoms with Crippen molar-refractivity contribution in [2.45, 2.75) is 26.2 Å². The molecule has 0 fully saturated rings. The van der Waals surface area contributed by atoms with Crippen LogP contribution in [0.4, 0.5) is 4.39 Å². The van der Waals surface area contributed by atoms with Crippen LogP contribution in [-0.2, 0) is 4.79 Å². The van der Waals surface area contributed by atoms with Crippen molar-refractivity contribution < 1.29 is 13.7 Å². The van der Waals surface area contributed by atoms with E-state index in [4.69, 9.17) is 16.1 Å². The Labute approximate surface area is 114 Å². The molecule has 0 bridgehead atoms. The van der Waals surface area contributed by atoms with Crippen LogP contribution in [0.15, 0.2) is 22.7 Å². The van der Waals surface area contributed by atoms with E-state index in [0.29, 0.717) is 12.0 Å². The van der Waals surface area contributed by atoms with Crippen molar-refractivity contribution >= 4 is 17.4 Å². The second-order valence-corrected chi connectivity index (χ2v) is 4.56. The molecule has 1 unspecified atom stereocenters. The number of benzene rings is 1. The highest BCUT2D eigenvalue weighted by Gasteiger charge is 2.22. The number of hydrogen-bond acceptors (Lipinski definition) is 4. The highest BCUT2D eigenvalue weighted by molar-refractivity contribution is 6.31. The molecular weight excluding hydrogens is 271 g/mol. The summed E-state index contributed by atoms with van der Waals surface area (Å²) in [6.07, 6.45) is 0.584. The van der Waals surface area contributed by atoms with Crippen molar-refractivity contribution in [1.82, 2.24) is 10.1 Å². The molecule has 1 aromatic heterocycles. The van der Waals surface area contributed by atoms with E-state index in [1.807, 2.05) is 6.92 Å². The van der Waals surface area contributed by atoms with Crippen LogP contribution in [0, 0.1) is 5.82 Å². The molecule has 0 radical (unpaired) electrons. The fourth-order valence-electron chi connectivity index (χ4n) is 1.77. The molecule has 0 amide bonds. The molecule has 0 N–H and O–H groups in total. The molecule has 1 aromatic carbocycles. The van der Waals surface area contributed by atoms with E-state index < -0.39 is 11.7 Å². The Kier molecular flexibility index (Phi) is 3.95. The van der Waals surface area contributed by atoms with Gasteiger partial charge in [-0.05, 0) is 31.5 Å². The number of Topliss-reactive ketones (excluding diaryl/α,β-unsaturated/α-hetero) is 1. The summed E-state index contributed by atoms with van der Waals surface area (Å²) in [6.45, 7) is 3.34. The molecule has 0 saturated carbocycles. The van der Waals surface area contributed by atoms with Gasteiger partial charge in [0.15, 0.2) is 0 Å². The van der Waals surface area contributed by atoms with E-state index in [1.54, 1.807) is 0 Å². The van der Waals surface area contributed by atoms with Crippen LogP contribution in [0.2, 0.25) is 5.02 Å². The van der Waals surface area contributed by atoms with Gasteiger partial charge in [-0.15, -0.1) is 0 Å². The van der Waals surface area contributed by atoms with Gasteiger partial charge in [0.1, 0.15) is 11.6 Å². The molecule has 100 valence electrons. The number of carbonyl (C=O) groups excluding carboxylic acids is 1. The Balaban J connectivity index is 2.35. The van der Waals surface area contributed by atoms with Crippen LogP contribution in [0.5, 0.6) is 0 Å². The first-order valence-electron chi connectivity index (χ1n) is 5.82. The molecule has 0 aliphatic rings. The third kappa shape index (κ3) is 2.81. The normalized spacial score (nSPS) is 12.4. The van der Waals surface area contributed by atoms with Gasteiger partial charge in [0.2, 0.25) is 11.7 Å². The number of hydrogen-bond donors (Lipinski definition) is 0. The van der Waals surface area contributed by atoms with E-state index in [0.717, 1.165) is 0 Å². The molecule has 0 aliphatic carbocycles. The summed E-state index contributed by atoms with van der Waals surface area (Å²) in [6, 6.07) is 4.15. The Morgan fingerprint density at radius 2 is 2.26 bits per heavy atom. The molecule has 0 saturated heterocycles. The zero-order valence-corrected chi connectivity index (χ0v) is 11.2. The lowest BCUT2D eigenvalue weighted by atomic mass is 10.0. The Bertz CT molecular complexity index is 612. The highest BCUT2D eigenvalue weighted by atomic mass is 35.5. The van der Waals surface area contributed by atoms with Gasteiger partial charge < -0.3 is 4.52 Å². The lowest BCUT2D eigenvalue weighted by Gasteiger charge is -2.03. The molecule has 1 atom stereocenters. The maximum Gasteiger partial charge on any atom is 0.237 e. The fraction of sp³-hybridized carbons (Fsp3) is 0.308. The standard InChI is InChI=1S/C13H12ClFN2O2/c1-3-9(7(2)18)13-16-12(17-19-13)8-4-5-11(15)10(14)6-8/h4-6,9H,3H2,1-2H3. The molecule has 2 rings (SSSR count). The summed E-state index contributed by atoms with van der Waals surface area (Å²) in [4.78, 5) is 15.6. The summed E-state index contributed by atoms with van der Waals surface area (Å²) in [5.74, 6) is -0.390. The SMILES string of the molecule is CCC(C(C)=O)c1nc(-c2ccc(F)c(Cl)c2)no1. The van der Waals surface area contributed by atoms with Gasteiger partial charge in [0.25, 0.3) is 0 Å². The topological polar surface area (TPSA) is 56.0 Å². The average Bonchev–Trinajstić information content (AvgIpc) is 2.82. The number of rotatable bonds is 4. The van der Waals surface area contributed by atoms with Gasteiger partial charge in [-0.2, -0.15) is 4.98 Å². The lowest BCUT2D eigenvalue weighted by Crippen LogP contribution is -2.07. The molecular formula is C13H12ClFN2O2. The molecule has 0 spiro atoms. The predicted octanol–water partition coefficient (Wildman–Crippen LogP) is 3.61. The third-order valence-electron chi connectivity index (χ3n) is 2.82. The average molecular weight is 283 g/mol. The summed E-state index contributed by atoms with van der Waals surface area (Å²) < 4.78 is 18.2. The summed E-state index contributed by atoms with van der Waals surface area (Å²) in [5, 5.41) is 3.78. The second kappa shape index (κ2) is 5.48. The minimum absolute atomic E-state index is 0.0116. The fourth-order valence-corrected chi connectivity index (χ4v) is 1.95. The van der Waals surface area contributed by atoms with Crippen LogP contribution >= 0.6 is 11.6 Å². The molecule has 1 heterocycles. The van der Waals surface area contributed by atoms with Gasteiger partial charge in [0, 0.05) is 5.56 Å². The third-order valence-corrected chi connectivity index (χ3v) is 3.11. The first-order valence-corrected chi connectivity index (χ1v) is 6.20. The quantitative estimate of drug-likeness (QED) is 0.859. The van der Waals surface area contributed by atoms with Gasteiger partial charge in [0.05, 0.1) is 10.9 Å². The van der Waals surface area contributed by atoms with E-state index in [-0.39, 0.29) is 22.5 Å². The van der Waals surface area contributed by atoms with Gasteiger partial charge >= 0.3 is 0 Å². The van der Waals surface area contributed by atoms with Crippen molar-refractivity contribution in [1.29, 1.82) is 0 Å². The number of ketones is 1. The van der Waals surface area contributed by atoms with Crippen LogP contribution in [-0.4, -0.2) is 15.9 Å². The maximum absolute atomic E-state index is 13.1. The van der Waals surface area contributed by atoms with Crippen molar-refractivity contribution in [3.05, 3.63) is 34.9 Å². The number of nitrogens with zero attached hydrogens (tertiary/aromatic N) is 2. The Morgan fingerprint density at radius 3 is 2.84 bits per heavy atom. The van der Waals surface area contributed by atoms with Crippen molar-refractivity contribution in [3.8, 4) is 11.4 Å². The van der Waals surface area contributed by atoms with Gasteiger partial charge in [-0.25, -0.2) is 4.39 Å². The smallest absolute Gasteiger partial charge is 0.237 e. The van der Waals surface area contributed by atoms with Crippen LogP contribution < -0.4 is 0 Å². The van der Waals surface area contributed by atoms with E-state index in [1.165, 1.54) is 25.1 Å². The number of halogens is 2. The molecule has 6 heteroatoms. The highest BCUT2D eigenvalue weighted by Crippen LogP contribution is 2.25. The summed E-state index contributed by atoms with van der Waals surface area (Å²) >= 11 is 5.70. The Hall–Kier alpha value is -1.75. The van der Waals surface area contributed by atoms with E-state index in [2.05, 4.69) is 10.1 Å². The first kappa shape index (κ1) is 13.7. The molecule has 0 aliphatic heterocycles. The lowest BCUT2D eigenvalue weighted by molar-refractivity contribution is -0.119. The second-order valence-electron chi connectivity index (χ2n) is 4.16. The molecule has 4 nitrogen and oxygen atoms in total. The zero-order valence-electron chi connectivity index (χ0n) is 10.5. The van der Waals surface area contributed by atoms with Crippen LogP contribution in [0.1, 0.15) is 32.1 Å². The van der Waals surface area contributed by atoms with Crippen molar-refractivity contribution in [3.63, 3.8) is 0 Å². The number of carbonyl (C=O) groups is 1. The van der Waals surface area contributed by atoms with Crippen molar-refractivity contribution in [2.24, 2.45) is 0 Å². The largest absolute Gasteiger partial charge is 0.338 e. The van der Waals surface area contributed by atoms with E-state index in [9.17, 15) is 9.18 Å². The number of aromatic nitrogens is 2. The summed E-state index contributed by atoms with van der Waals surface area (Å²) in [7, 11) is 0. The monoisotopic (exact) mass is 282 g/mol. The molecule has 2 aromatic rings. The van der Waals surface area contributed by atoms with Crippen molar-refractivity contribution in [2.75, 3.05) is 0 Å². The summed E-state index contributed by atoms with van der Waals surface area (Å²) in [5.41, 5.74) is 0.541. The minimum Gasteiger partial charge on any atom is -0.338 e. The maximum atomic E-state index is 13.1. The van der Waals surface area contributed by atoms with Gasteiger partial charge in [-0.1, -0.05) is 23.7 Å². The zero-order chi connectivity index (χ0) is 14.0. The predicted molar refractivity (Wildman–Crippen MR) is 68.4 cm³/mol. The van der Waals surface area contributed by atoms with Crippen LogP contribution in [0.25, 0.3) is 11.4 Å².